The number of nitrogens with two attached hydrogens (primary N) is 2. The van der Waals surface area contributed by atoms with E-state index in [4.69, 9.17) is 11.5 Å². The Morgan fingerprint density at radius 1 is 0.931 bits per heavy atom. The number of hydrogen-bond donors (Lipinski definition) is 4. The molecule has 0 bridgehead atoms. The van der Waals surface area contributed by atoms with Crippen molar-refractivity contribution in [1.82, 2.24) is 10.9 Å². The largest absolute Gasteiger partial charge is 0.350 e. The highest BCUT2D eigenvalue weighted by Gasteiger charge is 2.58. The van der Waals surface area contributed by atoms with Crippen LogP contribution in [0, 0.1) is 28.6 Å². The quantitative estimate of drug-likeness (QED) is 0.530. The van der Waals surface area contributed by atoms with Crippen LogP contribution in [0.1, 0.15) is 65.2 Å². The fourth-order valence-corrected chi connectivity index (χ4v) is 6.88. The van der Waals surface area contributed by atoms with Crippen LogP contribution in [-0.4, -0.2) is 23.5 Å². The summed E-state index contributed by atoms with van der Waals surface area (Å²) in [5.41, 5.74) is 19.0. The average molecular weight is 401 g/mol. The molecule has 5 atom stereocenters. The number of hydrazone groups is 2. The van der Waals surface area contributed by atoms with E-state index in [2.05, 4.69) is 41.0 Å². The second-order valence-electron chi connectivity index (χ2n) is 9.61. The highest BCUT2D eigenvalue weighted by molar-refractivity contribution is 5.97. The molecule has 0 aliphatic heterocycles. The van der Waals surface area contributed by atoms with Gasteiger partial charge in [-0.3, -0.25) is 0 Å². The SMILES string of the molecule is C[C@]12CC/C(=N\NC(N)=O)C=C1CC[C@H]1[C@H]2CC[C@]2(C)C(=NNC(N)=O)CC[C@H]12. The van der Waals surface area contributed by atoms with E-state index in [1.54, 1.807) is 0 Å². The zero-order chi connectivity index (χ0) is 20.8. The molecule has 158 valence electrons. The van der Waals surface area contributed by atoms with Crippen LogP contribution >= 0.6 is 0 Å². The van der Waals surface area contributed by atoms with Gasteiger partial charge < -0.3 is 11.5 Å². The van der Waals surface area contributed by atoms with Crippen molar-refractivity contribution >= 4 is 23.5 Å². The molecular weight excluding hydrogens is 368 g/mol. The van der Waals surface area contributed by atoms with Crippen LogP contribution in [0.25, 0.3) is 0 Å². The third kappa shape index (κ3) is 3.32. The molecule has 8 heteroatoms. The van der Waals surface area contributed by atoms with Gasteiger partial charge in [-0.05, 0) is 80.6 Å². The first-order valence-corrected chi connectivity index (χ1v) is 10.7. The molecule has 4 amide bonds. The Bertz CT molecular complexity index is 818. The maximum Gasteiger partial charge on any atom is 0.332 e. The second-order valence-corrected chi connectivity index (χ2v) is 9.61. The minimum atomic E-state index is -0.621. The van der Waals surface area contributed by atoms with Crippen LogP contribution in [0.5, 0.6) is 0 Å². The van der Waals surface area contributed by atoms with Gasteiger partial charge in [0.15, 0.2) is 0 Å². The minimum Gasteiger partial charge on any atom is -0.350 e. The summed E-state index contributed by atoms with van der Waals surface area (Å²) in [5, 5.41) is 8.55. The lowest BCUT2D eigenvalue weighted by molar-refractivity contribution is -0.0155. The van der Waals surface area contributed by atoms with Crippen molar-refractivity contribution < 1.29 is 9.59 Å². The Balaban J connectivity index is 1.57. The summed E-state index contributed by atoms with van der Waals surface area (Å²) in [6.07, 6.45) is 10.7. The first-order valence-electron chi connectivity index (χ1n) is 10.7. The first-order chi connectivity index (χ1) is 13.7. The number of hydrogen-bond acceptors (Lipinski definition) is 4. The molecule has 0 aromatic carbocycles. The van der Waals surface area contributed by atoms with Crippen LogP contribution in [0.2, 0.25) is 0 Å². The molecule has 0 radical (unpaired) electrons. The highest BCUT2D eigenvalue weighted by atomic mass is 16.2. The first kappa shape index (κ1) is 19.9. The molecule has 3 saturated carbocycles. The lowest BCUT2D eigenvalue weighted by Crippen LogP contribution is -2.50. The molecule has 29 heavy (non-hydrogen) atoms. The number of nitrogens with zero attached hydrogens (tertiary/aromatic N) is 2. The van der Waals surface area contributed by atoms with Gasteiger partial charge in [-0.25, -0.2) is 20.4 Å². The van der Waals surface area contributed by atoms with Crippen molar-refractivity contribution in [1.29, 1.82) is 0 Å². The summed E-state index contributed by atoms with van der Waals surface area (Å²) in [7, 11) is 0. The van der Waals surface area contributed by atoms with Crippen LogP contribution in [0.3, 0.4) is 0 Å². The summed E-state index contributed by atoms with van der Waals surface area (Å²) in [5.74, 6) is 1.95. The van der Waals surface area contributed by atoms with Gasteiger partial charge in [-0.1, -0.05) is 19.4 Å². The van der Waals surface area contributed by atoms with E-state index in [-0.39, 0.29) is 10.8 Å². The maximum absolute atomic E-state index is 11.1. The molecular formula is C21H32N6O2. The number of carbonyl (C=O) groups is 2. The highest BCUT2D eigenvalue weighted by Crippen LogP contribution is 2.64. The molecule has 0 saturated heterocycles. The molecule has 0 aromatic heterocycles. The number of urea groups is 2. The van der Waals surface area contributed by atoms with Gasteiger partial charge in [0.05, 0.1) is 5.71 Å². The van der Waals surface area contributed by atoms with Gasteiger partial charge in [-0.2, -0.15) is 10.2 Å². The molecule has 0 aromatic rings. The van der Waals surface area contributed by atoms with E-state index in [9.17, 15) is 9.59 Å². The Labute approximate surface area is 171 Å². The predicted octanol–water partition coefficient (Wildman–Crippen LogP) is 3.00. The van der Waals surface area contributed by atoms with Gasteiger partial charge in [0.25, 0.3) is 0 Å². The minimum absolute atomic E-state index is 0.0634. The predicted molar refractivity (Wildman–Crippen MR) is 112 cm³/mol. The van der Waals surface area contributed by atoms with E-state index >= 15 is 0 Å². The third-order valence-electron chi connectivity index (χ3n) is 8.33. The summed E-state index contributed by atoms with van der Waals surface area (Å²) >= 11 is 0. The number of rotatable bonds is 2. The fourth-order valence-electron chi connectivity index (χ4n) is 6.88. The molecule has 6 N–H and O–H groups in total. The maximum atomic E-state index is 11.1. The van der Waals surface area contributed by atoms with Gasteiger partial charge in [0, 0.05) is 11.1 Å². The number of carbonyl (C=O) groups excluding carboxylic acids is 2. The number of nitrogens with one attached hydrogen (secondary N) is 2. The van der Waals surface area contributed by atoms with E-state index in [1.807, 2.05) is 0 Å². The van der Waals surface area contributed by atoms with Crippen molar-refractivity contribution in [2.24, 2.45) is 50.3 Å². The van der Waals surface area contributed by atoms with E-state index in [1.165, 1.54) is 18.4 Å². The van der Waals surface area contributed by atoms with Crippen molar-refractivity contribution in [2.45, 2.75) is 65.2 Å². The van der Waals surface area contributed by atoms with Crippen molar-refractivity contribution in [3.05, 3.63) is 11.6 Å². The van der Waals surface area contributed by atoms with Crippen LogP contribution in [-0.2, 0) is 0 Å². The second kappa shape index (κ2) is 7.15. The number of fused-ring (bicyclic) bond motifs is 5. The normalized spacial score (nSPS) is 41.2. The number of amides is 4. The third-order valence-corrected chi connectivity index (χ3v) is 8.33. The van der Waals surface area contributed by atoms with Crippen molar-refractivity contribution in [3.63, 3.8) is 0 Å². The summed E-state index contributed by atoms with van der Waals surface area (Å²) in [6.45, 7) is 4.76. The Hall–Kier alpha value is -2.38. The Morgan fingerprint density at radius 2 is 1.62 bits per heavy atom. The van der Waals surface area contributed by atoms with E-state index in [0.717, 1.165) is 49.9 Å². The standard InChI is InChI=1S/C21H32N6O2/c1-20-9-7-13(24-26-18(22)28)11-12(20)3-4-14-15-5-6-17(25-27-19(23)29)21(15,2)10-8-16(14)20/h11,14-16H,3-10H2,1-2H3,(H3,22,26,28)(H3,23,27,29)/b24-13+,25-17?/t14-,15-,16-,20+,21+/m1/s1. The van der Waals surface area contributed by atoms with E-state index in [0.29, 0.717) is 17.8 Å². The van der Waals surface area contributed by atoms with Crippen LogP contribution in [0.4, 0.5) is 9.59 Å². The van der Waals surface area contributed by atoms with E-state index < -0.39 is 12.1 Å². The summed E-state index contributed by atoms with van der Waals surface area (Å²) in [6, 6.07) is -1.22. The molecule has 0 unspecified atom stereocenters. The molecule has 3 fully saturated rings. The summed E-state index contributed by atoms with van der Waals surface area (Å²) in [4.78, 5) is 22.1. The average Bonchev–Trinajstić information content (AvgIpc) is 3.01. The zero-order valence-corrected chi connectivity index (χ0v) is 17.3. The van der Waals surface area contributed by atoms with Crippen LogP contribution < -0.4 is 22.3 Å². The van der Waals surface area contributed by atoms with Gasteiger partial charge in [0.1, 0.15) is 0 Å². The van der Waals surface area contributed by atoms with Crippen LogP contribution in [0.15, 0.2) is 21.9 Å². The molecule has 4 aliphatic rings. The van der Waals surface area contributed by atoms with Gasteiger partial charge >= 0.3 is 12.1 Å². The lowest BCUT2D eigenvalue weighted by atomic mass is 9.47. The topological polar surface area (TPSA) is 135 Å². The summed E-state index contributed by atoms with van der Waals surface area (Å²) < 4.78 is 0. The number of primary amides is 2. The fraction of sp³-hybridized carbons (Fsp3) is 0.714. The molecule has 0 spiro atoms. The Morgan fingerprint density at radius 3 is 2.34 bits per heavy atom. The molecule has 8 nitrogen and oxygen atoms in total. The van der Waals surface area contributed by atoms with Gasteiger partial charge in [-0.15, -0.1) is 0 Å². The van der Waals surface area contributed by atoms with Crippen molar-refractivity contribution in [3.8, 4) is 0 Å². The molecule has 0 heterocycles. The zero-order valence-electron chi connectivity index (χ0n) is 17.3. The van der Waals surface area contributed by atoms with Crippen molar-refractivity contribution in [2.75, 3.05) is 0 Å². The molecule has 4 rings (SSSR count). The number of allylic oxidation sites excluding steroid dienone is 2. The van der Waals surface area contributed by atoms with Gasteiger partial charge in [0.2, 0.25) is 0 Å². The lowest BCUT2D eigenvalue weighted by Gasteiger charge is -2.57. The molecule has 4 aliphatic carbocycles. The monoisotopic (exact) mass is 400 g/mol. The Kier molecular flexibility index (Phi) is 4.91. The smallest absolute Gasteiger partial charge is 0.332 e.